The van der Waals surface area contributed by atoms with Crippen LogP contribution >= 0.6 is 0 Å². The molecule has 0 spiro atoms. The Bertz CT molecular complexity index is 515. The van der Waals surface area contributed by atoms with Gasteiger partial charge in [0, 0.05) is 17.1 Å². The van der Waals surface area contributed by atoms with E-state index >= 15 is 0 Å². The summed E-state index contributed by atoms with van der Waals surface area (Å²) in [5.41, 5.74) is 4.24. The minimum absolute atomic E-state index is 0.149. The number of carboxylic acid groups (broad SMARTS) is 1. The molecule has 0 bridgehead atoms. The number of aliphatic carboxylic acids is 1. The largest absolute Gasteiger partial charge is 0.480 e. The first kappa shape index (κ1) is 13.3. The van der Waals surface area contributed by atoms with Crippen molar-refractivity contribution in [3.05, 3.63) is 41.6 Å². The molecule has 0 radical (unpaired) electrons. The second-order valence-corrected chi connectivity index (χ2v) is 4.72. The third kappa shape index (κ3) is 4.25. The normalized spacial score (nSPS) is 17.1. The summed E-state index contributed by atoms with van der Waals surface area (Å²) in [6.07, 6.45) is 4.79. The molecule has 1 aliphatic rings. The number of anilines is 1. The van der Waals surface area contributed by atoms with Crippen molar-refractivity contribution in [2.24, 2.45) is 4.99 Å². The van der Waals surface area contributed by atoms with Crippen molar-refractivity contribution >= 4 is 17.4 Å². The molecule has 0 saturated carbocycles. The second kappa shape index (κ2) is 6.18. The van der Waals surface area contributed by atoms with Gasteiger partial charge in [-0.15, -0.1) is 0 Å². The van der Waals surface area contributed by atoms with Gasteiger partial charge in [-0.05, 0) is 44.4 Å². The molecule has 2 rings (SSSR count). The molecule has 0 amide bonds. The third-order valence-corrected chi connectivity index (χ3v) is 2.99. The van der Waals surface area contributed by atoms with Crippen LogP contribution in [0.3, 0.4) is 0 Å². The summed E-state index contributed by atoms with van der Waals surface area (Å²) >= 11 is 0. The molecule has 0 aliphatic heterocycles. The first-order valence-corrected chi connectivity index (χ1v) is 6.43. The molecule has 0 aromatic heterocycles. The number of rotatable bonds is 4. The van der Waals surface area contributed by atoms with Crippen molar-refractivity contribution in [1.82, 2.24) is 0 Å². The molecule has 1 aromatic rings. The highest BCUT2D eigenvalue weighted by Gasteiger charge is 2.09. The number of allylic oxidation sites excluding steroid dienone is 2. The molecule has 4 nitrogen and oxygen atoms in total. The second-order valence-electron chi connectivity index (χ2n) is 4.72. The monoisotopic (exact) mass is 258 g/mol. The minimum atomic E-state index is -0.889. The predicted octanol–water partition coefficient (Wildman–Crippen LogP) is 3.00. The summed E-state index contributed by atoms with van der Waals surface area (Å²) in [5, 5.41) is 12.0. The Balaban J connectivity index is 2.05. The number of carboxylic acids is 1. The minimum Gasteiger partial charge on any atom is -0.480 e. The highest BCUT2D eigenvalue weighted by Crippen LogP contribution is 2.19. The maximum atomic E-state index is 10.5. The van der Waals surface area contributed by atoms with E-state index in [-0.39, 0.29) is 6.54 Å². The van der Waals surface area contributed by atoms with E-state index in [4.69, 9.17) is 5.11 Å². The van der Waals surface area contributed by atoms with Gasteiger partial charge in [-0.25, -0.2) is 0 Å². The van der Waals surface area contributed by atoms with Gasteiger partial charge in [0.15, 0.2) is 0 Å². The number of nitrogens with zero attached hydrogens (tertiary/aromatic N) is 1. The molecule has 0 saturated heterocycles. The Hall–Kier alpha value is -2.10. The number of aliphatic imine (C=N–C) groups is 1. The van der Waals surface area contributed by atoms with Crippen LogP contribution in [0, 0.1) is 6.92 Å². The zero-order valence-corrected chi connectivity index (χ0v) is 11.0. The number of nitrogens with one attached hydrogen (secondary N) is 1. The predicted molar refractivity (Wildman–Crippen MR) is 76.7 cm³/mol. The van der Waals surface area contributed by atoms with Gasteiger partial charge in [0.2, 0.25) is 0 Å². The molecule has 100 valence electrons. The standard InChI is InChI=1S/C15H18N2O2/c1-11-5-7-12(8-6-11)17-14-4-2-3-13(9-14)16-10-15(18)19/h5-9,17H,2-4,10H2,1H3,(H,18,19). The lowest BCUT2D eigenvalue weighted by atomic mass is 10.0. The maximum absolute atomic E-state index is 10.5. The maximum Gasteiger partial charge on any atom is 0.325 e. The van der Waals surface area contributed by atoms with Crippen molar-refractivity contribution in [3.63, 3.8) is 0 Å². The first-order chi connectivity index (χ1) is 9.13. The zero-order chi connectivity index (χ0) is 13.7. The van der Waals surface area contributed by atoms with E-state index in [1.807, 2.05) is 18.2 Å². The van der Waals surface area contributed by atoms with Crippen LogP contribution in [-0.2, 0) is 4.79 Å². The van der Waals surface area contributed by atoms with Gasteiger partial charge >= 0.3 is 5.97 Å². The molecule has 1 aliphatic carbocycles. The van der Waals surface area contributed by atoms with Gasteiger partial charge in [-0.2, -0.15) is 0 Å². The number of hydrogen-bond donors (Lipinski definition) is 2. The first-order valence-electron chi connectivity index (χ1n) is 6.43. The average Bonchev–Trinajstić information content (AvgIpc) is 2.40. The summed E-state index contributed by atoms with van der Waals surface area (Å²) in [5.74, 6) is -0.889. The SMILES string of the molecule is Cc1ccc(NC2=CC(=NCC(=O)O)CCC2)cc1. The molecule has 4 heteroatoms. The fraction of sp³-hybridized carbons (Fsp3) is 0.333. The van der Waals surface area contributed by atoms with Crippen LogP contribution in [0.5, 0.6) is 0 Å². The average molecular weight is 258 g/mol. The topological polar surface area (TPSA) is 61.7 Å². The quantitative estimate of drug-likeness (QED) is 0.872. The number of carbonyl (C=O) groups is 1. The highest BCUT2D eigenvalue weighted by molar-refractivity contribution is 5.97. The Labute approximate surface area is 112 Å². The van der Waals surface area contributed by atoms with Crippen molar-refractivity contribution in [1.29, 1.82) is 0 Å². The van der Waals surface area contributed by atoms with Gasteiger partial charge in [-0.3, -0.25) is 9.79 Å². The molecule has 1 aromatic carbocycles. The van der Waals surface area contributed by atoms with E-state index in [9.17, 15) is 4.79 Å². The van der Waals surface area contributed by atoms with E-state index in [1.54, 1.807) is 0 Å². The van der Waals surface area contributed by atoms with Gasteiger partial charge in [0.1, 0.15) is 6.54 Å². The molecule has 0 heterocycles. The van der Waals surface area contributed by atoms with E-state index in [0.717, 1.165) is 36.4 Å². The van der Waals surface area contributed by atoms with Crippen molar-refractivity contribution < 1.29 is 9.90 Å². The number of hydrogen-bond acceptors (Lipinski definition) is 3. The Morgan fingerprint density at radius 1 is 1.32 bits per heavy atom. The van der Waals surface area contributed by atoms with Crippen LogP contribution in [0.2, 0.25) is 0 Å². The fourth-order valence-corrected chi connectivity index (χ4v) is 2.02. The van der Waals surface area contributed by atoms with E-state index in [0.29, 0.717) is 0 Å². The van der Waals surface area contributed by atoms with Crippen LogP contribution < -0.4 is 5.32 Å². The third-order valence-electron chi connectivity index (χ3n) is 2.99. The summed E-state index contributed by atoms with van der Waals surface area (Å²) in [7, 11) is 0. The van der Waals surface area contributed by atoms with Crippen LogP contribution in [0.25, 0.3) is 0 Å². The Kier molecular flexibility index (Phi) is 4.34. The Morgan fingerprint density at radius 3 is 2.74 bits per heavy atom. The summed E-state index contributed by atoms with van der Waals surface area (Å²) in [6.45, 7) is 1.91. The van der Waals surface area contributed by atoms with Gasteiger partial charge < -0.3 is 10.4 Å². The smallest absolute Gasteiger partial charge is 0.325 e. The van der Waals surface area contributed by atoms with Gasteiger partial charge in [-0.1, -0.05) is 17.7 Å². The van der Waals surface area contributed by atoms with Crippen LogP contribution in [0.4, 0.5) is 5.69 Å². The summed E-state index contributed by atoms with van der Waals surface area (Å²) in [6, 6.07) is 8.20. The van der Waals surface area contributed by atoms with Crippen LogP contribution in [0.1, 0.15) is 24.8 Å². The molecule has 0 fully saturated rings. The lowest BCUT2D eigenvalue weighted by Gasteiger charge is -2.16. The highest BCUT2D eigenvalue weighted by atomic mass is 16.4. The van der Waals surface area contributed by atoms with E-state index in [2.05, 4.69) is 29.4 Å². The summed E-state index contributed by atoms with van der Waals surface area (Å²) in [4.78, 5) is 14.6. The van der Waals surface area contributed by atoms with Crippen LogP contribution in [0.15, 0.2) is 41.0 Å². The zero-order valence-electron chi connectivity index (χ0n) is 11.0. The number of aryl methyl sites for hydroxylation is 1. The van der Waals surface area contributed by atoms with E-state index in [1.165, 1.54) is 5.56 Å². The lowest BCUT2D eigenvalue weighted by molar-refractivity contribution is -0.135. The number of benzene rings is 1. The van der Waals surface area contributed by atoms with Gasteiger partial charge in [0.25, 0.3) is 0 Å². The lowest BCUT2D eigenvalue weighted by Crippen LogP contribution is -2.11. The molecule has 0 atom stereocenters. The molecule has 19 heavy (non-hydrogen) atoms. The molecular formula is C15H18N2O2. The summed E-state index contributed by atoms with van der Waals surface area (Å²) < 4.78 is 0. The molecule has 2 N–H and O–H groups in total. The molecular weight excluding hydrogens is 240 g/mol. The van der Waals surface area contributed by atoms with Crippen molar-refractivity contribution in [2.75, 3.05) is 11.9 Å². The Morgan fingerprint density at radius 2 is 2.05 bits per heavy atom. The van der Waals surface area contributed by atoms with Crippen molar-refractivity contribution in [3.8, 4) is 0 Å². The fourth-order valence-electron chi connectivity index (χ4n) is 2.02. The van der Waals surface area contributed by atoms with Gasteiger partial charge in [0.05, 0.1) is 0 Å². The van der Waals surface area contributed by atoms with Crippen LogP contribution in [-0.4, -0.2) is 23.3 Å². The molecule has 0 unspecified atom stereocenters. The van der Waals surface area contributed by atoms with Crippen molar-refractivity contribution in [2.45, 2.75) is 26.2 Å². The van der Waals surface area contributed by atoms with E-state index < -0.39 is 5.97 Å².